The second kappa shape index (κ2) is 4.62. The number of carbonyl (C=O) groups excluding carboxylic acids is 1. The van der Waals surface area contributed by atoms with E-state index in [1.807, 2.05) is 0 Å². The summed E-state index contributed by atoms with van der Waals surface area (Å²) in [6.45, 7) is 0. The minimum atomic E-state index is -5.13. The standard InChI is InChI=1S/C7H11O8P/c8-4-1-3(7(10)11)2-5(6(4)9)15-16(12,13)14/h2,4-6,8-9H,1H2,(H,10,11)(H2,12,13,14)/p-2. The Morgan fingerprint density at radius 1 is 1.56 bits per heavy atom. The summed E-state index contributed by atoms with van der Waals surface area (Å²) in [6.07, 6.45) is -4.41. The maximum absolute atomic E-state index is 10.5. The van der Waals surface area contributed by atoms with E-state index in [9.17, 15) is 29.6 Å². The lowest BCUT2D eigenvalue weighted by Gasteiger charge is -2.33. The zero-order chi connectivity index (χ0) is 12.5. The number of aliphatic carboxylic acids is 1. The molecule has 1 rings (SSSR count). The molecular formula is C7H9O8P-2. The summed E-state index contributed by atoms with van der Waals surface area (Å²) in [4.78, 5) is 29.3. The molecule has 1 aliphatic carbocycles. The smallest absolute Gasteiger partial charge is 0.265 e. The largest absolute Gasteiger partial charge is 0.756 e. The maximum atomic E-state index is 10.5. The van der Waals surface area contributed by atoms with Crippen LogP contribution in [0.1, 0.15) is 6.42 Å². The van der Waals surface area contributed by atoms with Crippen molar-refractivity contribution in [3.05, 3.63) is 11.6 Å². The lowest BCUT2D eigenvalue weighted by Crippen LogP contribution is -2.44. The Labute approximate surface area is 90.0 Å². The van der Waals surface area contributed by atoms with Gasteiger partial charge in [0.15, 0.2) is 0 Å². The Bertz CT molecular complexity index is 357. The lowest BCUT2D eigenvalue weighted by atomic mass is 9.92. The monoisotopic (exact) mass is 252 g/mol. The van der Waals surface area contributed by atoms with E-state index in [-0.39, 0.29) is 0 Å². The average molecular weight is 252 g/mol. The summed E-state index contributed by atoms with van der Waals surface area (Å²) in [5, 5.41) is 29.0. The van der Waals surface area contributed by atoms with Crippen molar-refractivity contribution in [2.24, 2.45) is 0 Å². The van der Waals surface area contributed by atoms with Gasteiger partial charge in [0, 0.05) is 6.42 Å². The van der Waals surface area contributed by atoms with Gasteiger partial charge in [-0.3, -0.25) is 4.57 Å². The van der Waals surface area contributed by atoms with E-state index in [1.165, 1.54) is 0 Å². The zero-order valence-corrected chi connectivity index (χ0v) is 8.74. The second-order valence-corrected chi connectivity index (χ2v) is 4.43. The van der Waals surface area contributed by atoms with Gasteiger partial charge in [-0.15, -0.1) is 0 Å². The third-order valence-corrected chi connectivity index (χ3v) is 2.55. The number of carbonyl (C=O) groups is 1. The van der Waals surface area contributed by atoms with Gasteiger partial charge in [-0.2, -0.15) is 0 Å². The van der Waals surface area contributed by atoms with Crippen LogP contribution in [-0.4, -0.2) is 39.4 Å². The van der Waals surface area contributed by atoms with Gasteiger partial charge in [0.2, 0.25) is 0 Å². The molecule has 0 amide bonds. The normalized spacial score (nSPS) is 34.0. The average Bonchev–Trinajstić information content (AvgIpc) is 2.10. The molecule has 1 aliphatic rings. The molecule has 0 bridgehead atoms. The minimum Gasteiger partial charge on any atom is -0.756 e. The van der Waals surface area contributed by atoms with Gasteiger partial charge in [-0.25, -0.2) is 0 Å². The third kappa shape index (κ3) is 3.38. The van der Waals surface area contributed by atoms with E-state index in [1.54, 1.807) is 0 Å². The molecule has 0 saturated carbocycles. The number of phosphoric ester groups is 1. The summed E-state index contributed by atoms with van der Waals surface area (Å²) < 4.78 is 14.4. The first-order chi connectivity index (χ1) is 7.20. The lowest BCUT2D eigenvalue weighted by molar-refractivity contribution is -0.300. The molecule has 0 aromatic carbocycles. The fraction of sp³-hybridized carbons (Fsp3) is 0.571. The van der Waals surface area contributed by atoms with Crippen LogP contribution in [0.3, 0.4) is 0 Å². The highest BCUT2D eigenvalue weighted by atomic mass is 31.2. The van der Waals surface area contributed by atoms with E-state index < -0.39 is 44.1 Å². The molecule has 0 aromatic rings. The first-order valence-electron chi connectivity index (χ1n) is 4.21. The molecule has 0 aromatic heterocycles. The van der Waals surface area contributed by atoms with E-state index in [4.69, 9.17) is 4.89 Å². The Hall–Kier alpha value is -0.760. The summed E-state index contributed by atoms with van der Waals surface area (Å²) >= 11 is 0. The first-order valence-corrected chi connectivity index (χ1v) is 5.70. The zero-order valence-electron chi connectivity index (χ0n) is 7.85. The van der Waals surface area contributed by atoms with Crippen LogP contribution < -0.4 is 10.00 Å². The first kappa shape index (κ1) is 13.3. The second-order valence-electron chi connectivity index (χ2n) is 3.28. The van der Waals surface area contributed by atoms with E-state index in [0.717, 1.165) is 6.08 Å². The van der Waals surface area contributed by atoms with E-state index in [0.29, 0.717) is 0 Å². The fourth-order valence-corrected chi connectivity index (χ4v) is 1.82. The number of aliphatic hydroxyl groups excluding tert-OH is 2. The van der Waals surface area contributed by atoms with Crippen LogP contribution in [0, 0.1) is 0 Å². The molecule has 9 heteroatoms. The molecule has 0 spiro atoms. The van der Waals surface area contributed by atoms with Crippen molar-refractivity contribution in [2.45, 2.75) is 24.7 Å². The SMILES string of the molecule is O=C([O-])C1=CC(OP(=O)([O-])O)C(O)C(O)C1. The molecule has 0 fully saturated rings. The number of rotatable bonds is 3. The summed E-state index contributed by atoms with van der Waals surface area (Å²) in [5.74, 6) is -1.61. The Kier molecular flexibility index (Phi) is 3.84. The quantitative estimate of drug-likeness (QED) is 0.440. The van der Waals surface area contributed by atoms with Crippen molar-refractivity contribution >= 4 is 13.8 Å². The highest BCUT2D eigenvalue weighted by molar-refractivity contribution is 7.44. The molecule has 16 heavy (non-hydrogen) atoms. The van der Waals surface area contributed by atoms with Crippen LogP contribution in [0.25, 0.3) is 0 Å². The molecule has 8 nitrogen and oxygen atoms in total. The Morgan fingerprint density at radius 3 is 2.56 bits per heavy atom. The molecule has 0 aliphatic heterocycles. The molecule has 4 unspecified atom stereocenters. The topological polar surface area (TPSA) is 150 Å². The van der Waals surface area contributed by atoms with Crippen molar-refractivity contribution in [3.8, 4) is 0 Å². The van der Waals surface area contributed by atoms with Crippen LogP contribution in [0.4, 0.5) is 0 Å². The van der Waals surface area contributed by atoms with Crippen molar-refractivity contribution < 1.29 is 39.0 Å². The van der Waals surface area contributed by atoms with Crippen LogP contribution in [0.5, 0.6) is 0 Å². The van der Waals surface area contributed by atoms with E-state index in [2.05, 4.69) is 4.52 Å². The van der Waals surface area contributed by atoms with Gasteiger partial charge < -0.3 is 34.4 Å². The van der Waals surface area contributed by atoms with Crippen molar-refractivity contribution in [3.63, 3.8) is 0 Å². The molecule has 0 saturated heterocycles. The van der Waals surface area contributed by atoms with Crippen molar-refractivity contribution in [1.29, 1.82) is 0 Å². The van der Waals surface area contributed by atoms with Gasteiger partial charge in [0.05, 0.1) is 12.1 Å². The van der Waals surface area contributed by atoms with E-state index >= 15 is 0 Å². The molecule has 92 valence electrons. The van der Waals surface area contributed by atoms with Gasteiger partial charge in [-0.05, 0) is 11.6 Å². The van der Waals surface area contributed by atoms with Crippen LogP contribution in [0.2, 0.25) is 0 Å². The summed E-state index contributed by atoms with van der Waals surface area (Å²) in [6, 6.07) is 0. The van der Waals surface area contributed by atoms with Gasteiger partial charge >= 0.3 is 0 Å². The number of aliphatic hydroxyl groups is 2. The maximum Gasteiger partial charge on any atom is 0.265 e. The van der Waals surface area contributed by atoms with Crippen LogP contribution in [-0.2, 0) is 13.9 Å². The molecular weight excluding hydrogens is 243 g/mol. The molecule has 4 atom stereocenters. The minimum absolute atomic E-state index is 0.391. The molecule has 3 N–H and O–H groups in total. The number of carboxylic acid groups (broad SMARTS) is 1. The number of hydrogen-bond acceptors (Lipinski definition) is 7. The number of phosphoric acid groups is 1. The number of carboxylic acids is 1. The van der Waals surface area contributed by atoms with Crippen LogP contribution >= 0.6 is 7.82 Å². The highest BCUT2D eigenvalue weighted by Gasteiger charge is 2.33. The number of hydrogen-bond donors (Lipinski definition) is 3. The van der Waals surface area contributed by atoms with Gasteiger partial charge in [0.1, 0.15) is 12.2 Å². The van der Waals surface area contributed by atoms with Crippen molar-refractivity contribution in [2.75, 3.05) is 0 Å². The third-order valence-electron chi connectivity index (χ3n) is 2.04. The van der Waals surface area contributed by atoms with Crippen LogP contribution in [0.15, 0.2) is 11.6 Å². The molecule has 0 radical (unpaired) electrons. The summed E-state index contributed by atoms with van der Waals surface area (Å²) in [5.41, 5.74) is -0.406. The Morgan fingerprint density at radius 2 is 2.12 bits per heavy atom. The summed E-state index contributed by atoms with van der Waals surface area (Å²) in [7, 11) is -5.13. The van der Waals surface area contributed by atoms with Crippen molar-refractivity contribution in [1.82, 2.24) is 0 Å². The Balaban J connectivity index is 2.92. The predicted octanol–water partition coefficient (Wildman–Crippen LogP) is -3.37. The van der Waals surface area contributed by atoms with Gasteiger partial charge in [-0.1, -0.05) is 0 Å². The van der Waals surface area contributed by atoms with Gasteiger partial charge in [0.25, 0.3) is 7.82 Å². The highest BCUT2D eigenvalue weighted by Crippen LogP contribution is 2.36. The fourth-order valence-electron chi connectivity index (χ4n) is 1.33. The predicted molar refractivity (Wildman–Crippen MR) is 44.4 cm³/mol. The molecule has 0 heterocycles.